The standard InChI is InChI=1S/C12H14N2O2S/c1-14(12(16)9(13)6-15)10-7-17-11-5-3-2-4-8(10)11/h2-5,7,9,15H,6,13H2,1H3. The van der Waals surface area contributed by atoms with Gasteiger partial charge in [-0.05, 0) is 6.07 Å². The Kier molecular flexibility index (Phi) is 3.42. The first kappa shape index (κ1) is 12.0. The van der Waals surface area contributed by atoms with Gasteiger partial charge in [-0.15, -0.1) is 11.3 Å². The van der Waals surface area contributed by atoms with Gasteiger partial charge >= 0.3 is 0 Å². The lowest BCUT2D eigenvalue weighted by Gasteiger charge is -2.19. The molecule has 2 rings (SSSR count). The Morgan fingerprint density at radius 2 is 2.24 bits per heavy atom. The van der Waals surface area contributed by atoms with Gasteiger partial charge in [0.2, 0.25) is 5.91 Å². The normalized spacial score (nSPS) is 12.6. The fraction of sp³-hybridized carbons (Fsp3) is 0.250. The molecule has 0 saturated heterocycles. The molecule has 1 atom stereocenters. The van der Waals surface area contributed by atoms with Crippen LogP contribution in [0.3, 0.4) is 0 Å². The van der Waals surface area contributed by atoms with Gasteiger partial charge < -0.3 is 15.7 Å². The van der Waals surface area contributed by atoms with Crippen molar-refractivity contribution in [1.82, 2.24) is 0 Å². The summed E-state index contributed by atoms with van der Waals surface area (Å²) in [5, 5.41) is 11.8. The van der Waals surface area contributed by atoms with Crippen LogP contribution in [-0.4, -0.2) is 30.7 Å². The summed E-state index contributed by atoms with van der Waals surface area (Å²) in [5.41, 5.74) is 6.36. The first-order valence-electron chi connectivity index (χ1n) is 5.25. The highest BCUT2D eigenvalue weighted by Gasteiger charge is 2.20. The van der Waals surface area contributed by atoms with E-state index >= 15 is 0 Å². The maximum Gasteiger partial charge on any atom is 0.246 e. The second-order valence-electron chi connectivity index (χ2n) is 3.80. The fourth-order valence-corrected chi connectivity index (χ4v) is 2.65. The molecule has 0 aliphatic heterocycles. The second kappa shape index (κ2) is 4.83. The number of hydrogen-bond acceptors (Lipinski definition) is 4. The van der Waals surface area contributed by atoms with Crippen molar-refractivity contribution in [3.8, 4) is 0 Å². The predicted molar refractivity (Wildman–Crippen MR) is 70.3 cm³/mol. The smallest absolute Gasteiger partial charge is 0.246 e. The zero-order chi connectivity index (χ0) is 12.4. The number of benzene rings is 1. The highest BCUT2D eigenvalue weighted by atomic mass is 32.1. The van der Waals surface area contributed by atoms with Gasteiger partial charge in [0.1, 0.15) is 6.04 Å². The number of likely N-dealkylation sites (N-methyl/N-ethyl adjacent to an activating group) is 1. The van der Waals surface area contributed by atoms with Crippen molar-refractivity contribution >= 4 is 33.0 Å². The molecule has 1 amide bonds. The van der Waals surface area contributed by atoms with Crippen molar-refractivity contribution in [3.63, 3.8) is 0 Å². The van der Waals surface area contributed by atoms with E-state index < -0.39 is 6.04 Å². The summed E-state index contributed by atoms with van der Waals surface area (Å²) in [6.45, 7) is -0.342. The van der Waals surface area contributed by atoms with E-state index in [1.54, 1.807) is 18.4 Å². The minimum Gasteiger partial charge on any atom is -0.394 e. The number of aliphatic hydroxyl groups excluding tert-OH is 1. The van der Waals surface area contributed by atoms with Crippen LogP contribution in [0.2, 0.25) is 0 Å². The van der Waals surface area contributed by atoms with Gasteiger partial charge in [-0.1, -0.05) is 18.2 Å². The number of nitrogens with zero attached hydrogens (tertiary/aromatic N) is 1. The predicted octanol–water partition coefficient (Wildman–Crippen LogP) is 1.18. The van der Waals surface area contributed by atoms with Crippen LogP contribution in [0.4, 0.5) is 5.69 Å². The van der Waals surface area contributed by atoms with Crippen LogP contribution in [0.25, 0.3) is 10.1 Å². The molecule has 0 radical (unpaired) electrons. The van der Waals surface area contributed by atoms with Crippen molar-refractivity contribution in [3.05, 3.63) is 29.6 Å². The van der Waals surface area contributed by atoms with Crippen molar-refractivity contribution in [2.45, 2.75) is 6.04 Å². The summed E-state index contributed by atoms with van der Waals surface area (Å²) in [7, 11) is 1.67. The molecule has 4 nitrogen and oxygen atoms in total. The van der Waals surface area contributed by atoms with Crippen LogP contribution in [0, 0.1) is 0 Å². The lowest BCUT2D eigenvalue weighted by Crippen LogP contribution is -2.44. The lowest BCUT2D eigenvalue weighted by atomic mass is 10.2. The van der Waals surface area contributed by atoms with Gasteiger partial charge in [-0.3, -0.25) is 4.79 Å². The van der Waals surface area contributed by atoms with Crippen LogP contribution in [0.1, 0.15) is 0 Å². The van der Waals surface area contributed by atoms with Gasteiger partial charge in [0, 0.05) is 22.5 Å². The molecule has 0 aliphatic carbocycles. The van der Waals surface area contributed by atoms with E-state index in [9.17, 15) is 4.79 Å². The molecule has 0 spiro atoms. The third kappa shape index (κ3) is 2.17. The molecule has 90 valence electrons. The number of anilines is 1. The molecule has 1 heterocycles. The maximum absolute atomic E-state index is 11.9. The summed E-state index contributed by atoms with van der Waals surface area (Å²) in [5.74, 6) is -0.281. The zero-order valence-electron chi connectivity index (χ0n) is 9.46. The third-order valence-electron chi connectivity index (χ3n) is 2.67. The molecule has 0 saturated carbocycles. The number of nitrogens with two attached hydrogens (primary N) is 1. The molecule has 17 heavy (non-hydrogen) atoms. The summed E-state index contributed by atoms with van der Waals surface area (Å²) in [4.78, 5) is 13.4. The SMILES string of the molecule is CN(C(=O)C(N)CO)c1csc2ccccc12. The Labute approximate surface area is 103 Å². The minimum absolute atomic E-state index is 0.281. The molecule has 1 unspecified atom stereocenters. The van der Waals surface area contributed by atoms with Crippen molar-refractivity contribution in [2.24, 2.45) is 5.73 Å². The lowest BCUT2D eigenvalue weighted by molar-refractivity contribution is -0.120. The molecule has 0 fully saturated rings. The summed E-state index contributed by atoms with van der Waals surface area (Å²) < 4.78 is 1.12. The topological polar surface area (TPSA) is 66.6 Å². The van der Waals surface area contributed by atoms with Crippen LogP contribution in [0.5, 0.6) is 0 Å². The van der Waals surface area contributed by atoms with Gasteiger partial charge in [0.05, 0.1) is 12.3 Å². The van der Waals surface area contributed by atoms with E-state index in [4.69, 9.17) is 10.8 Å². The number of hydrogen-bond donors (Lipinski definition) is 2. The van der Waals surface area contributed by atoms with E-state index in [2.05, 4.69) is 0 Å². The third-order valence-corrected chi connectivity index (χ3v) is 3.62. The molecule has 0 aliphatic rings. The molecular weight excluding hydrogens is 236 g/mol. The van der Waals surface area contributed by atoms with Crippen LogP contribution >= 0.6 is 11.3 Å². The quantitative estimate of drug-likeness (QED) is 0.859. The van der Waals surface area contributed by atoms with Gasteiger partial charge in [0.15, 0.2) is 0 Å². The molecule has 1 aromatic carbocycles. The summed E-state index contributed by atoms with van der Waals surface area (Å²) in [6, 6.07) is 7.01. The van der Waals surface area contributed by atoms with Crippen LogP contribution in [0.15, 0.2) is 29.6 Å². The van der Waals surface area contributed by atoms with E-state index in [0.29, 0.717) is 0 Å². The largest absolute Gasteiger partial charge is 0.394 e. The average Bonchev–Trinajstić information content (AvgIpc) is 2.79. The van der Waals surface area contributed by atoms with Crippen LogP contribution < -0.4 is 10.6 Å². The Morgan fingerprint density at radius 3 is 2.94 bits per heavy atom. The van der Waals surface area contributed by atoms with Crippen LogP contribution in [-0.2, 0) is 4.79 Å². The number of carbonyl (C=O) groups excluding carboxylic acids is 1. The first-order valence-corrected chi connectivity index (χ1v) is 6.13. The second-order valence-corrected chi connectivity index (χ2v) is 4.71. The Morgan fingerprint density at radius 1 is 1.53 bits per heavy atom. The number of fused-ring (bicyclic) bond motifs is 1. The van der Waals surface area contributed by atoms with E-state index in [0.717, 1.165) is 15.8 Å². The Hall–Kier alpha value is -1.43. The molecule has 3 N–H and O–H groups in total. The van der Waals surface area contributed by atoms with Gasteiger partial charge in [-0.25, -0.2) is 0 Å². The number of rotatable bonds is 3. The summed E-state index contributed by atoms with van der Waals surface area (Å²) >= 11 is 1.58. The molecular formula is C12H14N2O2S. The number of aliphatic hydroxyl groups is 1. The number of thiophene rings is 1. The monoisotopic (exact) mass is 250 g/mol. The average molecular weight is 250 g/mol. The van der Waals surface area contributed by atoms with Crippen molar-refractivity contribution in [2.75, 3.05) is 18.6 Å². The number of amides is 1. The van der Waals surface area contributed by atoms with Crippen molar-refractivity contribution in [1.29, 1.82) is 0 Å². The minimum atomic E-state index is -0.862. The fourth-order valence-electron chi connectivity index (χ4n) is 1.67. The number of carbonyl (C=O) groups is 1. The van der Waals surface area contributed by atoms with E-state index in [-0.39, 0.29) is 12.5 Å². The summed E-state index contributed by atoms with van der Waals surface area (Å²) in [6.07, 6.45) is 0. The molecule has 1 aromatic heterocycles. The highest BCUT2D eigenvalue weighted by Crippen LogP contribution is 2.32. The van der Waals surface area contributed by atoms with Crippen molar-refractivity contribution < 1.29 is 9.90 Å². The highest BCUT2D eigenvalue weighted by molar-refractivity contribution is 7.17. The molecule has 2 aromatic rings. The maximum atomic E-state index is 11.9. The van der Waals surface area contributed by atoms with Gasteiger partial charge in [-0.2, -0.15) is 0 Å². The Balaban J connectivity index is 2.37. The van der Waals surface area contributed by atoms with E-state index in [1.165, 1.54) is 4.90 Å². The molecule has 5 heteroatoms. The van der Waals surface area contributed by atoms with E-state index in [1.807, 2.05) is 29.6 Å². The Bertz CT molecular complexity index is 538. The zero-order valence-corrected chi connectivity index (χ0v) is 10.3. The first-order chi connectivity index (χ1) is 8.15. The molecule has 0 bridgehead atoms. The van der Waals surface area contributed by atoms with Gasteiger partial charge in [0.25, 0.3) is 0 Å².